The molecule has 5 aliphatic heterocycles. The SMILES string of the molecule is C[C@H]1C[C@@H](CC(=O)N2CCC[C@H]2CO)O[C@]12C(=O)N(Cc1ccc(N3CCOC3=O)cc1)c1ccc(N3CCOC3=O)cc12. The minimum absolute atomic E-state index is 0.0662. The van der Waals surface area contributed by atoms with Crippen LogP contribution in [0.5, 0.6) is 0 Å². The molecule has 0 bridgehead atoms. The molecule has 0 unspecified atom stereocenters. The van der Waals surface area contributed by atoms with E-state index in [-0.39, 0.29) is 49.4 Å². The Morgan fingerprint density at radius 2 is 1.64 bits per heavy atom. The van der Waals surface area contributed by atoms with Crippen molar-refractivity contribution in [3.63, 3.8) is 0 Å². The first kappa shape index (κ1) is 28.6. The molecule has 44 heavy (non-hydrogen) atoms. The molecule has 2 aromatic rings. The van der Waals surface area contributed by atoms with Crippen molar-refractivity contribution in [2.45, 2.75) is 56.9 Å². The molecule has 4 atom stereocenters. The third-order valence-electron chi connectivity index (χ3n) is 9.63. The lowest BCUT2D eigenvalue weighted by Crippen LogP contribution is -2.44. The van der Waals surface area contributed by atoms with E-state index in [1.54, 1.807) is 19.6 Å². The molecular weight excluding hydrogens is 568 g/mol. The summed E-state index contributed by atoms with van der Waals surface area (Å²) < 4.78 is 16.9. The van der Waals surface area contributed by atoms with E-state index < -0.39 is 17.8 Å². The molecule has 0 saturated carbocycles. The van der Waals surface area contributed by atoms with Crippen molar-refractivity contribution >= 4 is 41.1 Å². The molecule has 232 valence electrons. The van der Waals surface area contributed by atoms with E-state index in [0.29, 0.717) is 56.2 Å². The van der Waals surface area contributed by atoms with E-state index >= 15 is 0 Å². The van der Waals surface area contributed by atoms with E-state index in [1.807, 2.05) is 49.4 Å². The molecule has 12 heteroatoms. The highest BCUT2D eigenvalue weighted by Gasteiger charge is 2.60. The monoisotopic (exact) mass is 604 g/mol. The van der Waals surface area contributed by atoms with E-state index in [1.165, 1.54) is 0 Å². The van der Waals surface area contributed by atoms with Crippen LogP contribution in [-0.2, 0) is 35.9 Å². The van der Waals surface area contributed by atoms with Crippen LogP contribution in [0, 0.1) is 5.92 Å². The number of hydrogen-bond donors (Lipinski definition) is 1. The Hall–Kier alpha value is -4.16. The van der Waals surface area contributed by atoms with Gasteiger partial charge in [-0.2, -0.15) is 0 Å². The summed E-state index contributed by atoms with van der Waals surface area (Å²) in [5.74, 6) is -0.528. The summed E-state index contributed by atoms with van der Waals surface area (Å²) in [7, 11) is 0. The first-order chi connectivity index (χ1) is 21.3. The van der Waals surface area contributed by atoms with Crippen LogP contribution in [0.15, 0.2) is 42.5 Å². The molecule has 1 N–H and O–H groups in total. The zero-order valence-corrected chi connectivity index (χ0v) is 24.6. The topological polar surface area (TPSA) is 129 Å². The van der Waals surface area contributed by atoms with Crippen molar-refractivity contribution in [3.8, 4) is 0 Å². The van der Waals surface area contributed by atoms with Crippen molar-refractivity contribution < 1.29 is 38.5 Å². The van der Waals surface area contributed by atoms with Gasteiger partial charge in [0, 0.05) is 29.4 Å². The van der Waals surface area contributed by atoms with Crippen molar-refractivity contribution in [2.24, 2.45) is 5.92 Å². The van der Waals surface area contributed by atoms with Gasteiger partial charge in [0.1, 0.15) is 13.2 Å². The Bertz CT molecular complexity index is 1500. The van der Waals surface area contributed by atoms with Gasteiger partial charge in [-0.25, -0.2) is 9.59 Å². The maximum Gasteiger partial charge on any atom is 0.414 e. The van der Waals surface area contributed by atoms with Gasteiger partial charge in [-0.15, -0.1) is 0 Å². The minimum Gasteiger partial charge on any atom is -0.447 e. The van der Waals surface area contributed by atoms with Crippen molar-refractivity contribution in [1.29, 1.82) is 0 Å². The summed E-state index contributed by atoms with van der Waals surface area (Å²) in [6.07, 6.45) is 0.985. The molecule has 7 rings (SSSR count). The second-order valence-electron chi connectivity index (χ2n) is 12.2. The number of hydrogen-bond acceptors (Lipinski definition) is 8. The largest absolute Gasteiger partial charge is 0.447 e. The zero-order valence-electron chi connectivity index (χ0n) is 24.6. The molecule has 12 nitrogen and oxygen atoms in total. The lowest BCUT2D eigenvalue weighted by Gasteiger charge is -2.29. The van der Waals surface area contributed by atoms with Gasteiger partial charge in [0.15, 0.2) is 5.60 Å². The van der Waals surface area contributed by atoms with Gasteiger partial charge in [0.05, 0.1) is 50.5 Å². The molecule has 4 saturated heterocycles. The van der Waals surface area contributed by atoms with Crippen LogP contribution in [0.25, 0.3) is 0 Å². The fourth-order valence-corrected chi connectivity index (χ4v) is 7.40. The summed E-state index contributed by atoms with van der Waals surface area (Å²) in [6, 6.07) is 12.8. The highest BCUT2D eigenvalue weighted by atomic mass is 16.6. The lowest BCUT2D eigenvalue weighted by molar-refractivity contribution is -0.150. The lowest BCUT2D eigenvalue weighted by atomic mass is 9.82. The predicted molar refractivity (Wildman–Crippen MR) is 158 cm³/mol. The smallest absolute Gasteiger partial charge is 0.414 e. The fourth-order valence-electron chi connectivity index (χ4n) is 7.40. The number of benzene rings is 2. The first-order valence-electron chi connectivity index (χ1n) is 15.3. The Labute approximate surface area is 255 Å². The first-order valence-corrected chi connectivity index (χ1v) is 15.3. The van der Waals surface area contributed by atoms with E-state index in [9.17, 15) is 24.3 Å². The number of aliphatic hydroxyl groups is 1. The average Bonchev–Trinajstić information content (AvgIpc) is 3.85. The van der Waals surface area contributed by atoms with Gasteiger partial charge < -0.3 is 29.1 Å². The van der Waals surface area contributed by atoms with E-state index in [0.717, 1.165) is 24.1 Å². The summed E-state index contributed by atoms with van der Waals surface area (Å²) in [5, 5.41) is 9.73. The van der Waals surface area contributed by atoms with Gasteiger partial charge in [-0.05, 0) is 55.2 Å². The van der Waals surface area contributed by atoms with Crippen molar-refractivity contribution in [3.05, 3.63) is 53.6 Å². The van der Waals surface area contributed by atoms with Crippen LogP contribution < -0.4 is 14.7 Å². The second kappa shape index (κ2) is 11.1. The standard InChI is InChI=1S/C32H36N4O8/c1-20-15-25(17-28(38)33-10-2-3-24(33)19-37)44-32(20)26-16-23(35-12-14-43-31(35)41)8-9-27(26)36(29(32)39)18-21-4-6-22(7-5-21)34-11-13-42-30(34)40/h4-9,16,20,24-25,37H,2-3,10-15,17-19H2,1H3/t20-,24-,25-,32+/m0/s1. The fraction of sp³-hybridized carbons (Fsp3) is 0.500. The molecule has 0 aliphatic carbocycles. The normalized spacial score (nSPS) is 28.0. The van der Waals surface area contributed by atoms with Crippen molar-refractivity contribution in [2.75, 3.05) is 54.2 Å². The number of amides is 4. The summed E-state index contributed by atoms with van der Waals surface area (Å²) in [6.45, 7) is 4.34. The van der Waals surface area contributed by atoms with Gasteiger partial charge in [-0.1, -0.05) is 19.1 Å². The third kappa shape index (κ3) is 4.58. The number of nitrogens with zero attached hydrogens (tertiary/aromatic N) is 4. The van der Waals surface area contributed by atoms with Crippen LogP contribution in [0.4, 0.5) is 26.7 Å². The third-order valence-corrected chi connectivity index (χ3v) is 9.63. The van der Waals surface area contributed by atoms with Gasteiger partial charge in [-0.3, -0.25) is 19.4 Å². The molecule has 0 radical (unpaired) electrons. The number of aliphatic hydroxyl groups excluding tert-OH is 1. The highest BCUT2D eigenvalue weighted by Crippen LogP contribution is 2.55. The van der Waals surface area contributed by atoms with Crippen LogP contribution in [-0.4, -0.2) is 85.6 Å². The summed E-state index contributed by atoms with van der Waals surface area (Å²) in [4.78, 5) is 58.8. The highest BCUT2D eigenvalue weighted by molar-refractivity contribution is 6.08. The number of likely N-dealkylation sites (tertiary alicyclic amines) is 1. The molecule has 4 fully saturated rings. The van der Waals surface area contributed by atoms with Gasteiger partial charge in [0.2, 0.25) is 5.91 Å². The van der Waals surface area contributed by atoms with Gasteiger partial charge in [0.25, 0.3) is 5.91 Å². The second-order valence-corrected chi connectivity index (χ2v) is 12.2. The molecule has 1 spiro atoms. The maximum absolute atomic E-state index is 14.5. The zero-order chi connectivity index (χ0) is 30.6. The Morgan fingerprint density at radius 3 is 2.30 bits per heavy atom. The predicted octanol–water partition coefficient (Wildman–Crippen LogP) is 3.14. The Balaban J connectivity index is 1.19. The number of rotatable bonds is 7. The van der Waals surface area contributed by atoms with E-state index in [4.69, 9.17) is 14.2 Å². The molecule has 2 aromatic carbocycles. The molecule has 5 aliphatic rings. The van der Waals surface area contributed by atoms with Crippen LogP contribution in [0.3, 0.4) is 0 Å². The molecule has 5 heterocycles. The van der Waals surface area contributed by atoms with Crippen LogP contribution >= 0.6 is 0 Å². The van der Waals surface area contributed by atoms with Crippen LogP contribution in [0.1, 0.15) is 43.7 Å². The Kier molecular flexibility index (Phi) is 7.20. The van der Waals surface area contributed by atoms with E-state index in [2.05, 4.69) is 0 Å². The maximum atomic E-state index is 14.5. The average molecular weight is 605 g/mol. The van der Waals surface area contributed by atoms with Gasteiger partial charge >= 0.3 is 12.2 Å². The molecular formula is C32H36N4O8. The molecule has 4 amide bonds. The van der Waals surface area contributed by atoms with Crippen LogP contribution in [0.2, 0.25) is 0 Å². The number of cyclic esters (lactones) is 2. The van der Waals surface area contributed by atoms with Crippen molar-refractivity contribution in [1.82, 2.24) is 4.90 Å². The number of carbonyl (C=O) groups is 4. The quantitative estimate of drug-likeness (QED) is 0.511. The number of anilines is 3. The summed E-state index contributed by atoms with van der Waals surface area (Å²) >= 11 is 0. The molecule has 0 aromatic heterocycles. The number of fused-ring (bicyclic) bond motifs is 2. The minimum atomic E-state index is -1.32. The number of ether oxygens (including phenoxy) is 3. The number of carbonyl (C=O) groups excluding carboxylic acids is 4. The summed E-state index contributed by atoms with van der Waals surface area (Å²) in [5.41, 5.74) is 2.27. The Morgan fingerprint density at radius 1 is 0.955 bits per heavy atom.